The molecule has 0 saturated heterocycles. The third-order valence-electron chi connectivity index (χ3n) is 16.9. The molecule has 0 bridgehead atoms. The molecule has 0 amide bonds. The van der Waals surface area contributed by atoms with Crippen molar-refractivity contribution in [2.24, 2.45) is 0 Å². The summed E-state index contributed by atoms with van der Waals surface area (Å²) in [5.41, 5.74) is 13.9. The summed E-state index contributed by atoms with van der Waals surface area (Å²) in [6.07, 6.45) is 0. The van der Waals surface area contributed by atoms with Crippen LogP contribution in [0.1, 0.15) is 0 Å². The predicted molar refractivity (Wildman–Crippen MR) is 367 cm³/mol. The Balaban J connectivity index is 1.14. The zero-order valence-corrected chi connectivity index (χ0v) is 49.5. The van der Waals surface area contributed by atoms with E-state index < -0.39 is 16.1 Å². The van der Waals surface area contributed by atoms with E-state index in [1.165, 1.54) is 63.7 Å². The average Bonchev–Trinajstić information content (AvgIpc) is 0.956. The monoisotopic (exact) mass is 1130 g/mol. The second-order valence-electron chi connectivity index (χ2n) is 22.0. The minimum Gasteiger partial charge on any atom is -0.228 e. The van der Waals surface area contributed by atoms with Gasteiger partial charge in [-0.25, -0.2) is 9.97 Å². The van der Waals surface area contributed by atoms with Crippen molar-refractivity contribution in [1.82, 2.24) is 9.97 Å². The standard InChI is InChI=1S/C82H60N2Si2/c1-9-29-61(30-10-1)65-37-25-41-69(53-65)80-60-81(84-82(83-80)70-42-26-38-66(54-70)62-31-11-2-12-32-62)71-57-78(85(72-43-17-5-18-44-72,73-45-19-6-20-46-73)76-51-27-39-67(55-76)63-33-13-3-14-34-63)59-79(58-71)86(74-47-21-7-22-48-74,75-49-23-8-24-50-75)77-52-28-40-68(56-77)64-35-15-4-16-36-64/h1-60H. The molecule has 0 radical (unpaired) electrons. The van der Waals surface area contributed by atoms with Gasteiger partial charge in [0, 0.05) is 16.7 Å². The highest BCUT2D eigenvalue weighted by molar-refractivity contribution is 7.22. The largest absolute Gasteiger partial charge is 0.228 e. The summed E-state index contributed by atoms with van der Waals surface area (Å²) < 4.78 is 0. The first-order valence-electron chi connectivity index (χ1n) is 29.5. The van der Waals surface area contributed by atoms with E-state index in [0.717, 1.165) is 50.3 Å². The van der Waals surface area contributed by atoms with E-state index in [1.54, 1.807) is 0 Å². The smallest absolute Gasteiger partial charge is 0.179 e. The van der Waals surface area contributed by atoms with Crippen molar-refractivity contribution in [2.45, 2.75) is 0 Å². The van der Waals surface area contributed by atoms with Crippen LogP contribution in [0.2, 0.25) is 0 Å². The third-order valence-corrected chi connectivity index (χ3v) is 26.4. The zero-order valence-electron chi connectivity index (χ0n) is 47.5. The summed E-state index contributed by atoms with van der Waals surface area (Å²) in [6, 6.07) is 135. The third kappa shape index (κ3) is 10.3. The maximum Gasteiger partial charge on any atom is 0.179 e. The lowest BCUT2D eigenvalue weighted by Crippen LogP contribution is -2.78. The van der Waals surface area contributed by atoms with Gasteiger partial charge in [0.1, 0.15) is 0 Å². The number of hydrogen-bond acceptors (Lipinski definition) is 2. The molecule has 0 N–H and O–H groups in total. The molecule has 1 aromatic heterocycles. The van der Waals surface area contributed by atoms with Gasteiger partial charge in [0.15, 0.2) is 22.0 Å². The van der Waals surface area contributed by atoms with E-state index in [-0.39, 0.29) is 0 Å². The Labute approximate surface area is 506 Å². The fourth-order valence-electron chi connectivity index (χ4n) is 12.9. The maximum atomic E-state index is 5.82. The molecule has 1 heterocycles. The van der Waals surface area contributed by atoms with Crippen molar-refractivity contribution in [2.75, 3.05) is 0 Å². The van der Waals surface area contributed by atoms with Crippen LogP contribution in [0.15, 0.2) is 364 Å². The number of rotatable bonds is 15. The van der Waals surface area contributed by atoms with Crippen LogP contribution in [0.3, 0.4) is 0 Å². The molecule has 0 aliphatic carbocycles. The second-order valence-corrected chi connectivity index (χ2v) is 29.6. The predicted octanol–water partition coefficient (Wildman–Crippen LogP) is 14.9. The summed E-state index contributed by atoms with van der Waals surface area (Å²) in [4.78, 5) is 11.4. The summed E-state index contributed by atoms with van der Waals surface area (Å²) in [6.45, 7) is 0. The minimum atomic E-state index is -3.37. The lowest BCUT2D eigenvalue weighted by Gasteiger charge is -2.38. The number of nitrogens with zero attached hydrogens (tertiary/aromatic N) is 2. The molecule has 406 valence electrons. The van der Waals surface area contributed by atoms with Gasteiger partial charge in [0.25, 0.3) is 0 Å². The molecule has 0 aliphatic rings. The van der Waals surface area contributed by atoms with Gasteiger partial charge in [-0.2, -0.15) is 0 Å². The van der Waals surface area contributed by atoms with Gasteiger partial charge in [-0.15, -0.1) is 0 Å². The first-order chi connectivity index (χ1) is 42.6. The van der Waals surface area contributed by atoms with Crippen LogP contribution in [0.4, 0.5) is 0 Å². The molecule has 0 aliphatic heterocycles. The van der Waals surface area contributed by atoms with Crippen LogP contribution in [-0.2, 0) is 0 Å². The van der Waals surface area contributed by atoms with Crippen molar-refractivity contribution < 1.29 is 0 Å². The molecule has 0 spiro atoms. The molecule has 0 fully saturated rings. The summed E-state index contributed by atoms with van der Waals surface area (Å²) in [5.74, 6) is 0.655. The van der Waals surface area contributed by atoms with Crippen LogP contribution in [0, 0.1) is 0 Å². The molecule has 0 unspecified atom stereocenters. The fourth-order valence-corrected chi connectivity index (χ4v) is 22.8. The lowest BCUT2D eigenvalue weighted by molar-refractivity contribution is 1.18. The van der Waals surface area contributed by atoms with E-state index >= 15 is 0 Å². The second kappa shape index (κ2) is 23.9. The Hall–Kier alpha value is -10.6. The Kier molecular flexibility index (Phi) is 14.8. The quantitative estimate of drug-likeness (QED) is 0.0755. The van der Waals surface area contributed by atoms with Gasteiger partial charge >= 0.3 is 0 Å². The van der Waals surface area contributed by atoms with E-state index in [2.05, 4.69) is 364 Å². The van der Waals surface area contributed by atoms with Crippen LogP contribution >= 0.6 is 0 Å². The molecular formula is C82H60N2Si2. The topological polar surface area (TPSA) is 25.8 Å². The van der Waals surface area contributed by atoms with E-state index in [9.17, 15) is 0 Å². The van der Waals surface area contributed by atoms with Crippen molar-refractivity contribution in [3.05, 3.63) is 364 Å². The number of benzene rings is 13. The Morgan fingerprint density at radius 3 is 0.756 bits per heavy atom. The molecule has 14 aromatic rings. The Morgan fingerprint density at radius 2 is 0.395 bits per heavy atom. The van der Waals surface area contributed by atoms with Crippen LogP contribution < -0.4 is 41.5 Å². The van der Waals surface area contributed by atoms with Crippen molar-refractivity contribution in [1.29, 1.82) is 0 Å². The first-order valence-corrected chi connectivity index (χ1v) is 33.5. The number of aromatic nitrogens is 2. The van der Waals surface area contributed by atoms with Gasteiger partial charge in [0.05, 0.1) is 11.4 Å². The Morgan fingerprint density at radius 1 is 0.151 bits per heavy atom. The van der Waals surface area contributed by atoms with Crippen molar-refractivity contribution in [3.63, 3.8) is 0 Å². The molecule has 86 heavy (non-hydrogen) atoms. The molecular weight excluding hydrogens is 1070 g/mol. The summed E-state index contributed by atoms with van der Waals surface area (Å²) in [5, 5.41) is 10.2. The first kappa shape index (κ1) is 53.4. The molecule has 13 aromatic carbocycles. The Bertz CT molecular complexity index is 4230. The molecule has 4 heteroatoms. The average molecular weight is 1130 g/mol. The van der Waals surface area contributed by atoms with Crippen LogP contribution in [0.5, 0.6) is 0 Å². The SMILES string of the molecule is c1ccc(-c2cccc(-c3cc(-c4cc([Si](c5ccccc5)(c5ccccc5)c5cccc(-c6ccccc6)c5)cc([Si](c5ccccc5)(c5ccccc5)c5cccc(-c6ccccc6)c5)c4)nc(-c4cccc(-c5ccccc5)c4)n3)c2)cc1. The van der Waals surface area contributed by atoms with Gasteiger partial charge in [-0.05, 0) is 104 Å². The van der Waals surface area contributed by atoms with E-state index in [4.69, 9.17) is 9.97 Å². The van der Waals surface area contributed by atoms with Gasteiger partial charge in [-0.3, -0.25) is 0 Å². The van der Waals surface area contributed by atoms with E-state index in [0.29, 0.717) is 5.82 Å². The summed E-state index contributed by atoms with van der Waals surface area (Å²) in [7, 11) is -6.74. The normalized spacial score (nSPS) is 11.5. The highest BCUT2D eigenvalue weighted by atomic mass is 28.3. The number of hydrogen-bond donors (Lipinski definition) is 0. The fraction of sp³-hybridized carbons (Fsp3) is 0. The van der Waals surface area contributed by atoms with Crippen LogP contribution in [-0.4, -0.2) is 26.1 Å². The molecule has 0 atom stereocenters. The van der Waals surface area contributed by atoms with Gasteiger partial charge < -0.3 is 0 Å². The minimum absolute atomic E-state index is 0.655. The van der Waals surface area contributed by atoms with Gasteiger partial charge in [-0.1, -0.05) is 346 Å². The molecule has 0 saturated carbocycles. The van der Waals surface area contributed by atoms with E-state index in [1.807, 2.05) is 0 Å². The van der Waals surface area contributed by atoms with Crippen molar-refractivity contribution in [3.8, 4) is 78.4 Å². The highest BCUT2D eigenvalue weighted by Crippen LogP contribution is 2.33. The highest BCUT2D eigenvalue weighted by Gasteiger charge is 2.46. The molecule has 2 nitrogen and oxygen atoms in total. The van der Waals surface area contributed by atoms with Crippen molar-refractivity contribution >= 4 is 57.6 Å². The van der Waals surface area contributed by atoms with Crippen LogP contribution in [0.25, 0.3) is 78.4 Å². The lowest BCUT2D eigenvalue weighted by atomic mass is 10.00. The van der Waals surface area contributed by atoms with Gasteiger partial charge in [0.2, 0.25) is 0 Å². The molecule has 14 rings (SSSR count). The summed E-state index contributed by atoms with van der Waals surface area (Å²) >= 11 is 0. The zero-order chi connectivity index (χ0) is 57.5. The maximum absolute atomic E-state index is 5.82.